The van der Waals surface area contributed by atoms with Crippen LogP contribution in [0.2, 0.25) is 5.02 Å². The molecule has 1 atom stereocenters. The Bertz CT molecular complexity index is 765. The molecule has 0 aromatic heterocycles. The minimum absolute atomic E-state index is 0.0958. The number of aliphatic hydroxyl groups excluding tert-OH is 2. The Kier molecular flexibility index (Phi) is 7.00. The zero-order valence-corrected chi connectivity index (χ0v) is 16.5. The van der Waals surface area contributed by atoms with Gasteiger partial charge in [-0.15, -0.1) is 0 Å². The Morgan fingerprint density at radius 2 is 2.07 bits per heavy atom. The van der Waals surface area contributed by atoms with Crippen molar-refractivity contribution >= 4 is 17.3 Å². The summed E-state index contributed by atoms with van der Waals surface area (Å²) in [5.41, 5.74) is 4.02. The molecule has 0 bridgehead atoms. The van der Waals surface area contributed by atoms with Crippen molar-refractivity contribution in [3.8, 4) is 16.9 Å². The zero-order valence-electron chi connectivity index (χ0n) is 15.7. The topological polar surface area (TPSA) is 52.9 Å². The summed E-state index contributed by atoms with van der Waals surface area (Å²) in [5, 5.41) is 19.6. The van der Waals surface area contributed by atoms with E-state index in [1.54, 1.807) is 13.2 Å². The number of ether oxygens (including phenoxy) is 1. The van der Waals surface area contributed by atoms with Crippen molar-refractivity contribution in [1.82, 2.24) is 0 Å². The maximum Gasteiger partial charge on any atom is 0.126 e. The lowest BCUT2D eigenvalue weighted by molar-refractivity contribution is 0.240. The van der Waals surface area contributed by atoms with Crippen LogP contribution in [0, 0.1) is 6.07 Å². The van der Waals surface area contributed by atoms with Gasteiger partial charge in [0.05, 0.1) is 25.4 Å². The van der Waals surface area contributed by atoms with Gasteiger partial charge in [0.25, 0.3) is 0 Å². The quantitative estimate of drug-likeness (QED) is 0.750. The third-order valence-electron chi connectivity index (χ3n) is 5.19. The summed E-state index contributed by atoms with van der Waals surface area (Å²) in [6.45, 7) is 1.19. The molecule has 4 nitrogen and oxygen atoms in total. The first-order chi connectivity index (χ1) is 13.2. The van der Waals surface area contributed by atoms with E-state index >= 15 is 0 Å². The maximum absolute atomic E-state index is 9.85. The fourth-order valence-corrected chi connectivity index (χ4v) is 3.96. The predicted molar refractivity (Wildman–Crippen MR) is 110 cm³/mol. The van der Waals surface area contributed by atoms with Crippen molar-refractivity contribution in [2.75, 3.05) is 31.8 Å². The second-order valence-electron chi connectivity index (χ2n) is 6.97. The second-order valence-corrected chi connectivity index (χ2v) is 7.40. The van der Waals surface area contributed by atoms with Crippen molar-refractivity contribution in [1.29, 1.82) is 0 Å². The van der Waals surface area contributed by atoms with Crippen molar-refractivity contribution in [3.63, 3.8) is 0 Å². The van der Waals surface area contributed by atoms with E-state index in [0.717, 1.165) is 66.8 Å². The molecule has 0 amide bonds. The summed E-state index contributed by atoms with van der Waals surface area (Å²) in [4.78, 5) is 2.25. The minimum atomic E-state index is 0.0958. The van der Waals surface area contributed by atoms with E-state index in [2.05, 4.69) is 17.0 Å². The summed E-state index contributed by atoms with van der Waals surface area (Å²) in [6.07, 6.45) is 4.72. The second kappa shape index (κ2) is 9.45. The molecule has 3 rings (SSSR count). The number of aryl methyl sites for hydroxylation is 1. The van der Waals surface area contributed by atoms with Crippen molar-refractivity contribution < 1.29 is 14.9 Å². The van der Waals surface area contributed by atoms with Crippen LogP contribution in [0.3, 0.4) is 0 Å². The van der Waals surface area contributed by atoms with Gasteiger partial charge in [0.2, 0.25) is 0 Å². The molecule has 2 aromatic rings. The van der Waals surface area contributed by atoms with Crippen LogP contribution in [0.5, 0.6) is 5.75 Å². The van der Waals surface area contributed by atoms with Crippen LogP contribution in [-0.4, -0.2) is 43.1 Å². The van der Waals surface area contributed by atoms with Crippen LogP contribution < -0.4 is 9.64 Å². The summed E-state index contributed by atoms with van der Waals surface area (Å²) in [7, 11) is 1.66. The molecule has 1 heterocycles. The van der Waals surface area contributed by atoms with Crippen LogP contribution in [-0.2, 0) is 6.42 Å². The molecule has 145 valence electrons. The average Bonchev–Trinajstić information content (AvgIpc) is 2.72. The number of aliphatic hydroxyl groups is 2. The fraction of sp³-hybridized carbons (Fsp3) is 0.455. The van der Waals surface area contributed by atoms with Gasteiger partial charge >= 0.3 is 0 Å². The highest BCUT2D eigenvalue weighted by Crippen LogP contribution is 2.40. The third-order valence-corrected chi connectivity index (χ3v) is 5.41. The molecular weight excluding hydrogens is 362 g/mol. The average molecular weight is 389 g/mol. The molecule has 1 unspecified atom stereocenters. The predicted octanol–water partition coefficient (Wildman–Crippen LogP) is 4.09. The maximum atomic E-state index is 9.85. The van der Waals surface area contributed by atoms with E-state index in [4.69, 9.17) is 21.4 Å². The molecule has 0 aliphatic carbocycles. The third kappa shape index (κ3) is 4.57. The molecule has 1 aliphatic heterocycles. The monoisotopic (exact) mass is 388 g/mol. The van der Waals surface area contributed by atoms with Gasteiger partial charge in [-0.2, -0.15) is 0 Å². The number of anilines is 1. The molecule has 1 saturated heterocycles. The molecule has 2 N–H and O–H groups in total. The fourth-order valence-electron chi connectivity index (χ4n) is 3.79. The summed E-state index contributed by atoms with van der Waals surface area (Å²) < 4.78 is 5.62. The number of hydrogen-bond donors (Lipinski definition) is 2. The largest absolute Gasteiger partial charge is 0.496 e. The summed E-state index contributed by atoms with van der Waals surface area (Å²) in [5.74, 6) is 0.775. The minimum Gasteiger partial charge on any atom is -0.496 e. The van der Waals surface area contributed by atoms with E-state index in [0.29, 0.717) is 5.02 Å². The van der Waals surface area contributed by atoms with Gasteiger partial charge in [-0.3, -0.25) is 0 Å². The molecule has 2 aromatic carbocycles. The van der Waals surface area contributed by atoms with E-state index in [1.165, 1.54) is 0 Å². The Morgan fingerprint density at radius 3 is 2.81 bits per heavy atom. The SMILES string of the molecule is COc1ccc(CCCO)cc1-c1cc(Cl)c[c]c1N1CCCCC1CO. The molecule has 1 aliphatic rings. The number of halogens is 1. The lowest BCUT2D eigenvalue weighted by atomic mass is 9.95. The van der Waals surface area contributed by atoms with Gasteiger partial charge in [0, 0.05) is 35.4 Å². The van der Waals surface area contributed by atoms with Gasteiger partial charge in [-0.05, 0) is 61.9 Å². The van der Waals surface area contributed by atoms with Crippen molar-refractivity contribution in [2.24, 2.45) is 0 Å². The molecular formula is C22H27ClNO3. The first-order valence-electron chi connectivity index (χ1n) is 9.54. The lowest BCUT2D eigenvalue weighted by Crippen LogP contribution is -2.42. The molecule has 0 spiro atoms. The zero-order chi connectivity index (χ0) is 19.2. The summed E-state index contributed by atoms with van der Waals surface area (Å²) in [6, 6.07) is 13.3. The van der Waals surface area contributed by atoms with Gasteiger partial charge in [-0.1, -0.05) is 17.7 Å². The van der Waals surface area contributed by atoms with Crippen LogP contribution in [0.4, 0.5) is 5.69 Å². The number of rotatable bonds is 7. The number of piperidine rings is 1. The highest BCUT2D eigenvalue weighted by molar-refractivity contribution is 6.31. The number of hydrogen-bond acceptors (Lipinski definition) is 4. The number of methoxy groups -OCH3 is 1. The van der Waals surface area contributed by atoms with Gasteiger partial charge < -0.3 is 19.8 Å². The smallest absolute Gasteiger partial charge is 0.126 e. The Labute approximate surface area is 166 Å². The Morgan fingerprint density at radius 1 is 1.22 bits per heavy atom. The van der Waals surface area contributed by atoms with Crippen molar-refractivity contribution in [2.45, 2.75) is 38.1 Å². The molecule has 27 heavy (non-hydrogen) atoms. The molecule has 1 radical (unpaired) electrons. The normalized spacial score (nSPS) is 17.2. The molecule has 1 fully saturated rings. The molecule has 5 heteroatoms. The first kappa shape index (κ1) is 20.0. The van der Waals surface area contributed by atoms with Gasteiger partial charge in [0.1, 0.15) is 5.75 Å². The first-order valence-corrected chi connectivity index (χ1v) is 9.92. The standard InChI is InChI=1S/C22H27ClNO3/c1-27-22-10-7-16(5-4-12-25)13-20(22)19-14-17(23)8-9-21(19)24-11-3-2-6-18(24)15-26/h7-8,10,13-14,18,25-26H,2-6,11-12,15H2,1H3. The molecule has 0 saturated carbocycles. The Balaban J connectivity index is 2.09. The summed E-state index contributed by atoms with van der Waals surface area (Å²) >= 11 is 6.32. The number of benzene rings is 2. The lowest BCUT2D eigenvalue weighted by Gasteiger charge is -2.37. The van der Waals surface area contributed by atoms with E-state index in [1.807, 2.05) is 18.2 Å². The van der Waals surface area contributed by atoms with E-state index in [-0.39, 0.29) is 19.3 Å². The van der Waals surface area contributed by atoms with E-state index in [9.17, 15) is 5.11 Å². The van der Waals surface area contributed by atoms with E-state index < -0.39 is 0 Å². The van der Waals surface area contributed by atoms with Crippen LogP contribution >= 0.6 is 11.6 Å². The van der Waals surface area contributed by atoms with Gasteiger partial charge in [-0.25, -0.2) is 0 Å². The highest BCUT2D eigenvalue weighted by Gasteiger charge is 2.25. The van der Waals surface area contributed by atoms with Crippen LogP contribution in [0.15, 0.2) is 30.3 Å². The highest BCUT2D eigenvalue weighted by atomic mass is 35.5. The Hall–Kier alpha value is -1.75. The number of nitrogens with zero attached hydrogens (tertiary/aromatic N) is 1. The van der Waals surface area contributed by atoms with Crippen LogP contribution in [0.25, 0.3) is 11.1 Å². The van der Waals surface area contributed by atoms with Gasteiger partial charge in [0.15, 0.2) is 0 Å². The van der Waals surface area contributed by atoms with Crippen LogP contribution in [0.1, 0.15) is 31.2 Å². The van der Waals surface area contributed by atoms with Crippen molar-refractivity contribution in [3.05, 3.63) is 47.0 Å².